The summed E-state index contributed by atoms with van der Waals surface area (Å²) in [5.41, 5.74) is 2.22. The Balaban J connectivity index is 3.02. The highest BCUT2D eigenvalue weighted by molar-refractivity contribution is 5.23. The molecule has 0 aromatic carbocycles. The molecule has 64 valence electrons. The maximum atomic E-state index is 9.60. The van der Waals surface area contributed by atoms with Crippen molar-refractivity contribution in [3.8, 4) is 0 Å². The second-order valence-electron chi connectivity index (χ2n) is 2.81. The molecule has 0 spiro atoms. The van der Waals surface area contributed by atoms with E-state index in [1.807, 2.05) is 6.92 Å². The molecule has 0 amide bonds. The molecule has 0 aliphatic rings. The van der Waals surface area contributed by atoms with Gasteiger partial charge in [0, 0.05) is 17.5 Å². The Hall–Kier alpha value is -1.22. The van der Waals surface area contributed by atoms with Gasteiger partial charge in [-0.2, -0.15) is 0 Å². The van der Waals surface area contributed by atoms with Crippen molar-refractivity contribution in [1.82, 2.24) is 9.97 Å². The highest BCUT2D eigenvalue weighted by Gasteiger charge is 2.10. The molecule has 0 bridgehead atoms. The van der Waals surface area contributed by atoms with E-state index in [1.54, 1.807) is 13.1 Å². The lowest BCUT2D eigenvalue weighted by Gasteiger charge is -2.11. The summed E-state index contributed by atoms with van der Waals surface area (Å²) < 4.78 is 0. The normalized spacial score (nSPS) is 12.6. The van der Waals surface area contributed by atoms with Crippen LogP contribution in [0.1, 0.15) is 24.3 Å². The molecular weight excluding hydrogens is 152 g/mol. The first-order valence-electron chi connectivity index (χ1n) is 3.73. The fourth-order valence-electron chi connectivity index (χ4n) is 0.935. The smallest absolute Gasteiger partial charge is 0.115 e. The minimum absolute atomic E-state index is 0.647. The van der Waals surface area contributed by atoms with Crippen LogP contribution in [0.2, 0.25) is 0 Å². The lowest BCUT2D eigenvalue weighted by Crippen LogP contribution is -2.02. The number of nitrogens with zero attached hydrogens (tertiary/aromatic N) is 2. The summed E-state index contributed by atoms with van der Waals surface area (Å²) in [5, 5.41) is 9.60. The first-order chi connectivity index (χ1) is 5.63. The first kappa shape index (κ1) is 8.87. The van der Waals surface area contributed by atoms with Crippen molar-refractivity contribution in [2.75, 3.05) is 0 Å². The molecule has 1 rings (SSSR count). The van der Waals surface area contributed by atoms with Crippen molar-refractivity contribution < 1.29 is 5.11 Å². The van der Waals surface area contributed by atoms with Crippen LogP contribution in [-0.4, -0.2) is 15.1 Å². The fourth-order valence-corrected chi connectivity index (χ4v) is 0.935. The summed E-state index contributed by atoms with van der Waals surface area (Å²) in [4.78, 5) is 7.81. The average molecular weight is 164 g/mol. The Morgan fingerprint density at radius 1 is 1.67 bits per heavy atom. The minimum atomic E-state index is -0.647. The van der Waals surface area contributed by atoms with Gasteiger partial charge in [-0.3, -0.25) is 0 Å². The van der Waals surface area contributed by atoms with E-state index < -0.39 is 6.10 Å². The van der Waals surface area contributed by atoms with Crippen LogP contribution in [0.4, 0.5) is 0 Å². The van der Waals surface area contributed by atoms with Crippen molar-refractivity contribution in [3.05, 3.63) is 35.9 Å². The molecule has 12 heavy (non-hydrogen) atoms. The maximum absolute atomic E-state index is 9.60. The molecule has 1 N–H and O–H groups in total. The third kappa shape index (κ3) is 1.68. The molecule has 0 saturated heterocycles. The monoisotopic (exact) mass is 164 g/mol. The quantitative estimate of drug-likeness (QED) is 0.672. The second-order valence-corrected chi connectivity index (χ2v) is 2.81. The molecule has 3 heteroatoms. The third-order valence-electron chi connectivity index (χ3n) is 1.71. The highest BCUT2D eigenvalue weighted by atomic mass is 16.3. The molecule has 0 fully saturated rings. The van der Waals surface area contributed by atoms with Crippen molar-refractivity contribution in [1.29, 1.82) is 0 Å². The van der Waals surface area contributed by atoms with Crippen LogP contribution in [0.15, 0.2) is 24.7 Å². The zero-order chi connectivity index (χ0) is 9.14. The summed E-state index contributed by atoms with van der Waals surface area (Å²) in [6.07, 6.45) is 2.43. The Bertz CT molecular complexity index is 296. The number of hydrogen-bond donors (Lipinski definition) is 1. The number of rotatable bonds is 2. The van der Waals surface area contributed by atoms with Gasteiger partial charge in [-0.15, -0.1) is 0 Å². The standard InChI is InChI=1S/C9H12N2O/c1-6(2)9(12)8-4-10-5-11-7(8)3/h4-5,9,12H,1H2,2-3H3. The van der Waals surface area contributed by atoms with E-state index in [0.717, 1.165) is 11.3 Å². The lowest BCUT2D eigenvalue weighted by atomic mass is 10.1. The van der Waals surface area contributed by atoms with E-state index in [0.29, 0.717) is 5.57 Å². The van der Waals surface area contributed by atoms with Crippen LogP contribution < -0.4 is 0 Å². The van der Waals surface area contributed by atoms with Crippen LogP contribution in [0.3, 0.4) is 0 Å². The minimum Gasteiger partial charge on any atom is -0.384 e. The van der Waals surface area contributed by atoms with E-state index >= 15 is 0 Å². The van der Waals surface area contributed by atoms with Gasteiger partial charge in [-0.1, -0.05) is 6.58 Å². The van der Waals surface area contributed by atoms with Crippen LogP contribution >= 0.6 is 0 Å². The number of aryl methyl sites for hydroxylation is 1. The SMILES string of the molecule is C=C(C)C(O)c1cncnc1C. The Kier molecular flexibility index (Phi) is 2.55. The molecule has 1 atom stereocenters. The molecular formula is C9H12N2O. The molecule has 1 heterocycles. The third-order valence-corrected chi connectivity index (χ3v) is 1.71. The van der Waals surface area contributed by atoms with Crippen molar-refractivity contribution in [2.24, 2.45) is 0 Å². The van der Waals surface area contributed by atoms with Crippen molar-refractivity contribution in [2.45, 2.75) is 20.0 Å². The van der Waals surface area contributed by atoms with Crippen LogP contribution in [0.25, 0.3) is 0 Å². The predicted octanol–water partition coefficient (Wildman–Crippen LogP) is 1.39. The van der Waals surface area contributed by atoms with Gasteiger partial charge in [0.25, 0.3) is 0 Å². The van der Waals surface area contributed by atoms with Gasteiger partial charge in [-0.05, 0) is 19.4 Å². The van der Waals surface area contributed by atoms with Gasteiger partial charge in [0.1, 0.15) is 12.4 Å². The number of aromatic nitrogens is 2. The molecule has 3 nitrogen and oxygen atoms in total. The summed E-state index contributed by atoms with van der Waals surface area (Å²) in [5.74, 6) is 0. The fraction of sp³-hybridized carbons (Fsp3) is 0.333. The molecule has 1 aromatic heterocycles. The maximum Gasteiger partial charge on any atom is 0.115 e. The molecule has 0 saturated carbocycles. The van der Waals surface area contributed by atoms with E-state index in [1.165, 1.54) is 6.33 Å². The van der Waals surface area contributed by atoms with E-state index in [4.69, 9.17) is 0 Å². The summed E-state index contributed by atoms with van der Waals surface area (Å²) in [6.45, 7) is 7.28. The zero-order valence-corrected chi connectivity index (χ0v) is 7.28. The molecule has 0 radical (unpaired) electrons. The lowest BCUT2D eigenvalue weighted by molar-refractivity contribution is 0.214. The largest absolute Gasteiger partial charge is 0.384 e. The molecule has 0 aliphatic heterocycles. The summed E-state index contributed by atoms with van der Waals surface area (Å²) >= 11 is 0. The van der Waals surface area contributed by atoms with Crippen LogP contribution in [0.5, 0.6) is 0 Å². The second kappa shape index (κ2) is 3.45. The van der Waals surface area contributed by atoms with E-state index in [-0.39, 0.29) is 0 Å². The van der Waals surface area contributed by atoms with E-state index in [9.17, 15) is 5.11 Å². The summed E-state index contributed by atoms with van der Waals surface area (Å²) in [6, 6.07) is 0. The van der Waals surface area contributed by atoms with Crippen molar-refractivity contribution in [3.63, 3.8) is 0 Å². The van der Waals surface area contributed by atoms with Crippen LogP contribution in [-0.2, 0) is 0 Å². The van der Waals surface area contributed by atoms with Gasteiger partial charge in [-0.25, -0.2) is 9.97 Å². The van der Waals surface area contributed by atoms with Gasteiger partial charge in [0.05, 0.1) is 0 Å². The van der Waals surface area contributed by atoms with E-state index in [2.05, 4.69) is 16.5 Å². The molecule has 1 unspecified atom stereocenters. The van der Waals surface area contributed by atoms with Gasteiger partial charge < -0.3 is 5.11 Å². The first-order valence-corrected chi connectivity index (χ1v) is 3.73. The number of hydrogen-bond acceptors (Lipinski definition) is 3. The van der Waals surface area contributed by atoms with Gasteiger partial charge >= 0.3 is 0 Å². The number of aliphatic hydroxyl groups is 1. The predicted molar refractivity (Wildman–Crippen MR) is 46.5 cm³/mol. The highest BCUT2D eigenvalue weighted by Crippen LogP contribution is 2.20. The topological polar surface area (TPSA) is 46.0 Å². The molecule has 1 aromatic rings. The Morgan fingerprint density at radius 3 is 2.83 bits per heavy atom. The van der Waals surface area contributed by atoms with Gasteiger partial charge in [0.15, 0.2) is 0 Å². The number of aliphatic hydroxyl groups excluding tert-OH is 1. The van der Waals surface area contributed by atoms with Crippen LogP contribution in [0, 0.1) is 6.92 Å². The summed E-state index contributed by atoms with van der Waals surface area (Å²) in [7, 11) is 0. The average Bonchev–Trinajstić information content (AvgIpc) is 2.04. The molecule has 0 aliphatic carbocycles. The van der Waals surface area contributed by atoms with Crippen molar-refractivity contribution >= 4 is 0 Å². The van der Waals surface area contributed by atoms with Gasteiger partial charge in [0.2, 0.25) is 0 Å². The zero-order valence-electron chi connectivity index (χ0n) is 7.28. The Labute approximate surface area is 71.8 Å². The Morgan fingerprint density at radius 2 is 2.33 bits per heavy atom.